The van der Waals surface area contributed by atoms with E-state index in [0.717, 1.165) is 30.9 Å². The molecule has 0 aliphatic rings. The van der Waals surface area contributed by atoms with Crippen molar-refractivity contribution in [1.82, 2.24) is 0 Å². The van der Waals surface area contributed by atoms with Crippen LogP contribution in [0.15, 0.2) is 24.3 Å². The van der Waals surface area contributed by atoms with E-state index in [-0.39, 0.29) is 5.91 Å². The lowest BCUT2D eigenvalue weighted by Crippen LogP contribution is -2.13. The van der Waals surface area contributed by atoms with Gasteiger partial charge in [-0.15, -0.1) is 0 Å². The molecule has 0 atom stereocenters. The van der Waals surface area contributed by atoms with Gasteiger partial charge in [-0.3, -0.25) is 4.79 Å². The maximum atomic E-state index is 10.9. The number of unbranched alkanes of at least 4 members (excludes halogenated alkanes) is 1. The van der Waals surface area contributed by atoms with Gasteiger partial charge in [0.05, 0.1) is 33.0 Å². The summed E-state index contributed by atoms with van der Waals surface area (Å²) in [4.78, 5) is 10.9. The lowest BCUT2D eigenvalue weighted by atomic mass is 10.3. The number of carbonyl (C=O) groups is 1. The van der Waals surface area contributed by atoms with Crippen LogP contribution in [-0.4, -0.2) is 52.2 Å². The van der Waals surface area contributed by atoms with E-state index in [9.17, 15) is 4.79 Å². The Balaban J connectivity index is 1.92. The Labute approximate surface area is 144 Å². The molecule has 6 nitrogen and oxygen atoms in total. The van der Waals surface area contributed by atoms with Crippen LogP contribution in [0.3, 0.4) is 0 Å². The summed E-state index contributed by atoms with van der Waals surface area (Å²) in [6.07, 6.45) is 2.25. The predicted octanol–water partition coefficient (Wildman–Crippen LogP) is 2.87. The zero-order valence-electron chi connectivity index (χ0n) is 14.7. The van der Waals surface area contributed by atoms with Crippen LogP contribution in [0.5, 0.6) is 5.75 Å². The fourth-order valence-corrected chi connectivity index (χ4v) is 1.84. The standard InChI is InChI=1S/C18H29NO5/c1-3-4-9-21-10-11-22-12-13-23-14-15-24-18-7-5-17(6-8-18)19-16(2)20/h5-8H,3-4,9-15H2,1-2H3,(H,19,20). The van der Waals surface area contributed by atoms with Crippen LogP contribution >= 0.6 is 0 Å². The Morgan fingerprint density at radius 3 is 1.96 bits per heavy atom. The predicted molar refractivity (Wildman–Crippen MR) is 93.6 cm³/mol. The quantitative estimate of drug-likeness (QED) is 0.528. The Kier molecular flexibility index (Phi) is 11.7. The highest BCUT2D eigenvalue weighted by atomic mass is 16.6. The number of anilines is 1. The van der Waals surface area contributed by atoms with Crippen molar-refractivity contribution in [3.63, 3.8) is 0 Å². The van der Waals surface area contributed by atoms with Gasteiger partial charge in [0.25, 0.3) is 0 Å². The summed E-state index contributed by atoms with van der Waals surface area (Å²) in [5, 5.41) is 2.70. The number of hydrogen-bond acceptors (Lipinski definition) is 5. The number of amides is 1. The normalized spacial score (nSPS) is 10.6. The number of rotatable bonds is 14. The molecule has 1 aromatic rings. The second kappa shape index (κ2) is 13.8. The molecule has 0 radical (unpaired) electrons. The second-order valence-electron chi connectivity index (χ2n) is 5.24. The van der Waals surface area contributed by atoms with Gasteiger partial charge in [0.15, 0.2) is 0 Å². The van der Waals surface area contributed by atoms with Crippen molar-refractivity contribution < 1.29 is 23.7 Å². The lowest BCUT2D eigenvalue weighted by molar-refractivity contribution is -0.114. The van der Waals surface area contributed by atoms with Crippen molar-refractivity contribution in [1.29, 1.82) is 0 Å². The molecule has 6 heteroatoms. The zero-order valence-corrected chi connectivity index (χ0v) is 14.7. The van der Waals surface area contributed by atoms with E-state index < -0.39 is 0 Å². The third-order valence-corrected chi connectivity index (χ3v) is 3.06. The monoisotopic (exact) mass is 339 g/mol. The molecule has 0 aliphatic carbocycles. The van der Waals surface area contributed by atoms with Crippen molar-refractivity contribution in [2.45, 2.75) is 26.7 Å². The third-order valence-electron chi connectivity index (χ3n) is 3.06. The summed E-state index contributed by atoms with van der Waals surface area (Å²) in [6.45, 7) is 7.74. The molecule has 0 saturated heterocycles. The smallest absolute Gasteiger partial charge is 0.221 e. The van der Waals surface area contributed by atoms with Crippen LogP contribution in [0, 0.1) is 0 Å². The molecule has 1 N–H and O–H groups in total. The maximum Gasteiger partial charge on any atom is 0.221 e. The Morgan fingerprint density at radius 2 is 1.42 bits per heavy atom. The number of hydrogen-bond donors (Lipinski definition) is 1. The van der Waals surface area contributed by atoms with Crippen molar-refractivity contribution >= 4 is 11.6 Å². The minimum atomic E-state index is -0.0909. The highest BCUT2D eigenvalue weighted by molar-refractivity contribution is 5.88. The van der Waals surface area contributed by atoms with Crippen molar-refractivity contribution in [2.75, 3.05) is 51.6 Å². The minimum absolute atomic E-state index is 0.0909. The molecule has 0 spiro atoms. The first-order valence-electron chi connectivity index (χ1n) is 8.46. The molecular weight excluding hydrogens is 310 g/mol. The maximum absolute atomic E-state index is 10.9. The van der Waals surface area contributed by atoms with E-state index in [1.54, 1.807) is 12.1 Å². The van der Waals surface area contributed by atoms with Crippen LogP contribution < -0.4 is 10.1 Å². The first kappa shape index (κ1) is 20.4. The largest absolute Gasteiger partial charge is 0.491 e. The summed E-state index contributed by atoms with van der Waals surface area (Å²) in [5.41, 5.74) is 0.752. The Hall–Kier alpha value is -1.63. The average molecular weight is 339 g/mol. The Bertz CT molecular complexity index is 436. The average Bonchev–Trinajstić information content (AvgIpc) is 2.57. The van der Waals surface area contributed by atoms with Crippen molar-refractivity contribution in [3.05, 3.63) is 24.3 Å². The molecule has 0 aliphatic heterocycles. The van der Waals surface area contributed by atoms with Crippen molar-refractivity contribution in [2.24, 2.45) is 0 Å². The van der Waals surface area contributed by atoms with Gasteiger partial charge in [-0.05, 0) is 30.7 Å². The number of ether oxygens (including phenoxy) is 4. The lowest BCUT2D eigenvalue weighted by Gasteiger charge is -2.09. The molecule has 136 valence electrons. The van der Waals surface area contributed by atoms with Gasteiger partial charge in [0.1, 0.15) is 12.4 Å². The molecular formula is C18H29NO5. The first-order valence-corrected chi connectivity index (χ1v) is 8.46. The van der Waals surface area contributed by atoms with Gasteiger partial charge in [0.2, 0.25) is 5.91 Å². The summed E-state index contributed by atoms with van der Waals surface area (Å²) in [6, 6.07) is 7.22. The molecule has 0 fully saturated rings. The van der Waals surface area contributed by atoms with Gasteiger partial charge < -0.3 is 24.3 Å². The van der Waals surface area contributed by atoms with E-state index in [1.807, 2.05) is 12.1 Å². The van der Waals surface area contributed by atoms with E-state index in [2.05, 4.69) is 12.2 Å². The number of nitrogens with one attached hydrogen (secondary N) is 1. The summed E-state index contributed by atoms with van der Waals surface area (Å²) in [7, 11) is 0. The van der Waals surface area contributed by atoms with Crippen LogP contribution in [0.2, 0.25) is 0 Å². The molecule has 0 unspecified atom stereocenters. The van der Waals surface area contributed by atoms with E-state index >= 15 is 0 Å². The first-order chi connectivity index (χ1) is 11.7. The molecule has 1 amide bonds. The van der Waals surface area contributed by atoms with Crippen molar-refractivity contribution in [3.8, 4) is 5.75 Å². The zero-order chi connectivity index (χ0) is 17.5. The SMILES string of the molecule is CCCCOCCOCCOCCOc1ccc(NC(C)=O)cc1. The fraction of sp³-hybridized carbons (Fsp3) is 0.611. The van der Waals surface area contributed by atoms with Gasteiger partial charge in [-0.2, -0.15) is 0 Å². The third kappa shape index (κ3) is 11.0. The second-order valence-corrected chi connectivity index (χ2v) is 5.24. The molecule has 24 heavy (non-hydrogen) atoms. The fourth-order valence-electron chi connectivity index (χ4n) is 1.84. The van der Waals surface area contributed by atoms with Gasteiger partial charge in [-0.1, -0.05) is 13.3 Å². The Morgan fingerprint density at radius 1 is 0.875 bits per heavy atom. The van der Waals surface area contributed by atoms with Gasteiger partial charge >= 0.3 is 0 Å². The molecule has 1 aromatic carbocycles. The van der Waals surface area contributed by atoms with E-state index in [4.69, 9.17) is 18.9 Å². The number of benzene rings is 1. The molecule has 0 bridgehead atoms. The summed E-state index contributed by atoms with van der Waals surface area (Å²) >= 11 is 0. The van der Waals surface area contributed by atoms with E-state index in [1.165, 1.54) is 6.92 Å². The molecule has 1 rings (SSSR count). The summed E-state index contributed by atoms with van der Waals surface area (Å²) < 4.78 is 21.8. The number of carbonyl (C=O) groups excluding carboxylic acids is 1. The van der Waals surface area contributed by atoms with Gasteiger partial charge in [0, 0.05) is 19.2 Å². The highest BCUT2D eigenvalue weighted by Crippen LogP contribution is 2.15. The highest BCUT2D eigenvalue weighted by Gasteiger charge is 1.97. The van der Waals surface area contributed by atoms with Crippen LogP contribution in [0.25, 0.3) is 0 Å². The van der Waals surface area contributed by atoms with Crippen LogP contribution in [-0.2, 0) is 19.0 Å². The van der Waals surface area contributed by atoms with Gasteiger partial charge in [-0.25, -0.2) is 0 Å². The van der Waals surface area contributed by atoms with E-state index in [0.29, 0.717) is 39.6 Å². The molecule has 0 heterocycles. The van der Waals surface area contributed by atoms with Crippen LogP contribution in [0.1, 0.15) is 26.7 Å². The molecule has 0 aromatic heterocycles. The minimum Gasteiger partial charge on any atom is -0.491 e. The summed E-state index contributed by atoms with van der Waals surface area (Å²) in [5.74, 6) is 0.653. The topological polar surface area (TPSA) is 66.0 Å². The van der Waals surface area contributed by atoms with Crippen LogP contribution in [0.4, 0.5) is 5.69 Å². The molecule has 0 saturated carbocycles.